The zero-order valence-corrected chi connectivity index (χ0v) is 11.8. The summed E-state index contributed by atoms with van der Waals surface area (Å²) in [7, 11) is 0. The maximum Gasteiger partial charge on any atom is 0.339 e. The maximum atomic E-state index is 11.3. The van der Waals surface area contributed by atoms with Crippen LogP contribution < -0.4 is 0 Å². The Morgan fingerprint density at radius 3 is 2.74 bits per heavy atom. The lowest BCUT2D eigenvalue weighted by molar-refractivity contribution is 0.0693. The van der Waals surface area contributed by atoms with Crippen LogP contribution in [0.15, 0.2) is 10.7 Å². The molecule has 1 aliphatic heterocycles. The van der Waals surface area contributed by atoms with Gasteiger partial charge in [-0.3, -0.25) is 4.90 Å². The van der Waals surface area contributed by atoms with Crippen molar-refractivity contribution >= 4 is 5.97 Å². The molecule has 1 aromatic heterocycles. The Balaban J connectivity index is 2.12. The summed E-state index contributed by atoms with van der Waals surface area (Å²) >= 11 is 0. The first-order chi connectivity index (χ1) is 9.11. The van der Waals surface area contributed by atoms with Gasteiger partial charge in [0.2, 0.25) is 0 Å². The van der Waals surface area contributed by atoms with Gasteiger partial charge in [0.15, 0.2) is 0 Å². The summed E-state index contributed by atoms with van der Waals surface area (Å²) < 4.78 is 5.45. The van der Waals surface area contributed by atoms with E-state index in [-0.39, 0.29) is 0 Å². The number of carbonyl (C=O) groups is 1. The number of aromatic carboxylic acids is 1. The molecule has 0 saturated carbocycles. The molecule has 0 spiro atoms. The number of nitrogens with zero attached hydrogens (tertiary/aromatic N) is 1. The van der Waals surface area contributed by atoms with Crippen LogP contribution in [-0.2, 0) is 13.0 Å². The zero-order valence-electron chi connectivity index (χ0n) is 11.8. The number of carboxylic acid groups (broad SMARTS) is 1. The summed E-state index contributed by atoms with van der Waals surface area (Å²) in [6, 6.07) is 0. The first-order valence-corrected chi connectivity index (χ1v) is 7.16. The highest BCUT2D eigenvalue weighted by Crippen LogP contribution is 2.24. The summed E-state index contributed by atoms with van der Waals surface area (Å²) in [5.41, 5.74) is 1.21. The number of carboxylic acids is 1. The summed E-state index contributed by atoms with van der Waals surface area (Å²) in [6.45, 7) is 7.17. The summed E-state index contributed by atoms with van der Waals surface area (Å²) in [6.07, 6.45) is 5.57. The molecule has 1 saturated heterocycles. The molecule has 0 atom stereocenters. The molecule has 0 bridgehead atoms. The van der Waals surface area contributed by atoms with Crippen molar-refractivity contribution < 1.29 is 14.3 Å². The van der Waals surface area contributed by atoms with E-state index in [2.05, 4.69) is 18.7 Å². The Morgan fingerprint density at radius 2 is 2.16 bits per heavy atom. The molecule has 1 fully saturated rings. The van der Waals surface area contributed by atoms with Crippen LogP contribution in [0.4, 0.5) is 0 Å². The first kappa shape index (κ1) is 14.1. The van der Waals surface area contributed by atoms with Crippen LogP contribution in [0.3, 0.4) is 0 Å². The third-order valence-electron chi connectivity index (χ3n) is 3.95. The van der Waals surface area contributed by atoms with Gasteiger partial charge in [-0.25, -0.2) is 4.79 Å². The lowest BCUT2D eigenvalue weighted by Gasteiger charge is -2.30. The number of hydrogen-bond donors (Lipinski definition) is 1. The fraction of sp³-hybridized carbons (Fsp3) is 0.667. The van der Waals surface area contributed by atoms with Crippen molar-refractivity contribution in [2.24, 2.45) is 5.92 Å². The molecule has 0 radical (unpaired) electrons. The minimum Gasteiger partial charge on any atom is -0.478 e. The van der Waals surface area contributed by atoms with Gasteiger partial charge in [-0.1, -0.05) is 13.8 Å². The van der Waals surface area contributed by atoms with Crippen LogP contribution in [0.1, 0.15) is 54.8 Å². The Labute approximate surface area is 114 Å². The number of hydrogen-bond acceptors (Lipinski definition) is 3. The van der Waals surface area contributed by atoms with Gasteiger partial charge in [-0.05, 0) is 38.3 Å². The van der Waals surface area contributed by atoms with Gasteiger partial charge in [0, 0.05) is 18.5 Å². The van der Waals surface area contributed by atoms with E-state index in [0.717, 1.165) is 43.2 Å². The van der Waals surface area contributed by atoms with E-state index in [1.807, 2.05) is 0 Å². The molecule has 1 N–H and O–H groups in total. The summed E-state index contributed by atoms with van der Waals surface area (Å²) in [5.74, 6) is 0.750. The minimum atomic E-state index is -0.883. The average molecular weight is 265 g/mol. The molecule has 0 aliphatic carbocycles. The van der Waals surface area contributed by atoms with E-state index >= 15 is 0 Å². The maximum absolute atomic E-state index is 11.3. The summed E-state index contributed by atoms with van der Waals surface area (Å²) in [5, 5.41) is 9.24. The van der Waals surface area contributed by atoms with E-state index in [1.165, 1.54) is 19.1 Å². The molecule has 4 nitrogen and oxygen atoms in total. The lowest BCUT2D eigenvalue weighted by atomic mass is 9.98. The zero-order chi connectivity index (χ0) is 13.8. The normalized spacial score (nSPS) is 17.8. The smallest absolute Gasteiger partial charge is 0.339 e. The van der Waals surface area contributed by atoms with Gasteiger partial charge in [0.25, 0.3) is 0 Å². The van der Waals surface area contributed by atoms with E-state index in [0.29, 0.717) is 12.1 Å². The van der Waals surface area contributed by atoms with Crippen molar-refractivity contribution in [2.45, 2.75) is 46.1 Å². The molecular weight excluding hydrogens is 242 g/mol. The largest absolute Gasteiger partial charge is 0.478 e. The molecule has 0 aromatic carbocycles. The van der Waals surface area contributed by atoms with Crippen molar-refractivity contribution in [2.75, 3.05) is 13.1 Å². The molecule has 4 heteroatoms. The molecule has 1 aliphatic rings. The quantitative estimate of drug-likeness (QED) is 0.888. The van der Waals surface area contributed by atoms with Crippen LogP contribution in [-0.4, -0.2) is 29.1 Å². The van der Waals surface area contributed by atoms with Gasteiger partial charge >= 0.3 is 5.97 Å². The van der Waals surface area contributed by atoms with E-state index in [9.17, 15) is 9.90 Å². The fourth-order valence-corrected chi connectivity index (χ4v) is 2.66. The van der Waals surface area contributed by atoms with Crippen LogP contribution in [0.25, 0.3) is 0 Å². The number of aryl methyl sites for hydroxylation is 1. The lowest BCUT2D eigenvalue weighted by Crippen LogP contribution is -2.32. The number of piperidine rings is 1. The van der Waals surface area contributed by atoms with Crippen molar-refractivity contribution in [3.63, 3.8) is 0 Å². The third kappa shape index (κ3) is 3.38. The molecule has 0 unspecified atom stereocenters. The van der Waals surface area contributed by atoms with Gasteiger partial charge in [0.1, 0.15) is 17.6 Å². The van der Waals surface area contributed by atoms with Crippen LogP contribution >= 0.6 is 0 Å². The molecule has 19 heavy (non-hydrogen) atoms. The monoisotopic (exact) mass is 265 g/mol. The Bertz CT molecular complexity index is 431. The van der Waals surface area contributed by atoms with Crippen molar-refractivity contribution in [1.82, 2.24) is 4.90 Å². The van der Waals surface area contributed by atoms with Crippen LogP contribution in [0, 0.1) is 5.92 Å². The topological polar surface area (TPSA) is 53.7 Å². The van der Waals surface area contributed by atoms with Crippen LogP contribution in [0.5, 0.6) is 0 Å². The Hall–Kier alpha value is -1.29. The van der Waals surface area contributed by atoms with E-state index < -0.39 is 5.97 Å². The Morgan fingerprint density at radius 1 is 1.47 bits per heavy atom. The summed E-state index contributed by atoms with van der Waals surface area (Å²) in [4.78, 5) is 13.6. The number of rotatable bonds is 5. The van der Waals surface area contributed by atoms with Crippen molar-refractivity contribution in [3.05, 3.63) is 23.2 Å². The predicted octanol–water partition coefficient (Wildman–Crippen LogP) is 3.16. The molecule has 0 amide bonds. The van der Waals surface area contributed by atoms with Gasteiger partial charge in [0.05, 0.1) is 0 Å². The van der Waals surface area contributed by atoms with Gasteiger partial charge < -0.3 is 9.52 Å². The highest BCUT2D eigenvalue weighted by atomic mass is 16.4. The van der Waals surface area contributed by atoms with Crippen LogP contribution in [0.2, 0.25) is 0 Å². The van der Waals surface area contributed by atoms with E-state index in [1.54, 1.807) is 0 Å². The SMILES string of the molecule is CCCc1occ(C(=O)O)c1CN1CCC(C)CC1. The van der Waals surface area contributed by atoms with E-state index in [4.69, 9.17) is 4.42 Å². The average Bonchev–Trinajstić information content (AvgIpc) is 2.76. The Kier molecular flexibility index (Phi) is 4.64. The standard InChI is InChI=1S/C15H23NO3/c1-3-4-14-12(13(10-19-14)15(17)18)9-16-7-5-11(2)6-8-16/h10-11H,3-9H2,1-2H3,(H,17,18). The van der Waals surface area contributed by atoms with Crippen molar-refractivity contribution in [1.29, 1.82) is 0 Å². The number of furan rings is 1. The van der Waals surface area contributed by atoms with Gasteiger partial charge in [-0.2, -0.15) is 0 Å². The molecule has 2 heterocycles. The minimum absolute atomic E-state index is 0.335. The predicted molar refractivity (Wildman–Crippen MR) is 73.3 cm³/mol. The second-order valence-electron chi connectivity index (χ2n) is 5.56. The molecule has 1 aromatic rings. The van der Waals surface area contributed by atoms with Gasteiger partial charge in [-0.15, -0.1) is 0 Å². The second kappa shape index (κ2) is 6.24. The highest BCUT2D eigenvalue weighted by molar-refractivity contribution is 5.89. The fourth-order valence-electron chi connectivity index (χ4n) is 2.66. The highest BCUT2D eigenvalue weighted by Gasteiger charge is 2.22. The number of likely N-dealkylation sites (tertiary alicyclic amines) is 1. The molecule has 2 rings (SSSR count). The first-order valence-electron chi connectivity index (χ1n) is 7.16. The molecular formula is C15H23NO3. The third-order valence-corrected chi connectivity index (χ3v) is 3.95. The second-order valence-corrected chi connectivity index (χ2v) is 5.56. The molecule has 106 valence electrons. The van der Waals surface area contributed by atoms with Crippen molar-refractivity contribution in [3.8, 4) is 0 Å².